The predicted molar refractivity (Wildman–Crippen MR) is 214 cm³/mol. The van der Waals surface area contributed by atoms with E-state index in [0.29, 0.717) is 10.5 Å². The number of ether oxygens (including phenoxy) is 3. The van der Waals surface area contributed by atoms with Crippen molar-refractivity contribution in [3.05, 3.63) is 65.2 Å². The van der Waals surface area contributed by atoms with Crippen molar-refractivity contribution in [1.82, 2.24) is 10.2 Å². The van der Waals surface area contributed by atoms with Crippen LogP contribution in [0.2, 0.25) is 0 Å². The number of carboxylic acids is 4. The van der Waals surface area contributed by atoms with Gasteiger partial charge in [-0.2, -0.15) is 0 Å². The van der Waals surface area contributed by atoms with Crippen LogP contribution >= 0.6 is 0 Å². The topological polar surface area (TPSA) is 419 Å². The molecule has 3 rings (SSSR count). The van der Waals surface area contributed by atoms with Crippen molar-refractivity contribution in [2.24, 2.45) is 34.8 Å². The largest absolute Gasteiger partial charge is 0.508 e. The monoisotopic (exact) mass is 902 g/mol. The number of nitrogens with zero attached hydrogens (tertiary/aromatic N) is 1. The maximum Gasteiger partial charge on any atom is 0.368 e. The summed E-state index contributed by atoms with van der Waals surface area (Å²) < 4.78 is 17.5. The molecule has 1 aliphatic rings. The van der Waals surface area contributed by atoms with Crippen LogP contribution in [0.25, 0.3) is 0 Å². The van der Waals surface area contributed by atoms with Crippen molar-refractivity contribution in [1.29, 1.82) is 0 Å². The second-order valence-corrected chi connectivity index (χ2v) is 15.2. The fraction of sp³-hybridized carbons (Fsp3) is 0.450. The molecule has 1 aliphatic heterocycles. The van der Waals surface area contributed by atoms with Crippen LogP contribution in [-0.4, -0.2) is 151 Å². The van der Waals surface area contributed by atoms with E-state index in [1.165, 1.54) is 13.8 Å². The molecule has 2 aromatic carbocycles. The minimum atomic E-state index is -3.68. The van der Waals surface area contributed by atoms with Gasteiger partial charge in [-0.1, -0.05) is 50.2 Å². The highest BCUT2D eigenvalue weighted by Gasteiger charge is 2.70. The smallest absolute Gasteiger partial charge is 0.368 e. The van der Waals surface area contributed by atoms with E-state index in [-0.39, 0.29) is 30.0 Å². The fourth-order valence-electron chi connectivity index (χ4n) is 7.44. The van der Waals surface area contributed by atoms with Crippen molar-refractivity contribution in [2.45, 2.75) is 93.4 Å². The molecule has 1 heterocycles. The first kappa shape index (κ1) is 51.6. The van der Waals surface area contributed by atoms with Crippen molar-refractivity contribution in [3.8, 4) is 5.75 Å². The zero-order chi connectivity index (χ0) is 48.4. The van der Waals surface area contributed by atoms with Crippen LogP contribution in [0.15, 0.2) is 48.5 Å². The lowest BCUT2D eigenvalue weighted by molar-refractivity contribution is -0.233. The average molecular weight is 903 g/mol. The number of carbonyl (C=O) groups excluding carboxylic acids is 6. The molecule has 0 bridgehead atoms. The second-order valence-electron chi connectivity index (χ2n) is 15.2. The van der Waals surface area contributed by atoms with Gasteiger partial charge in [0.25, 0.3) is 0 Å². The molecular formula is C40H50N6O18. The van der Waals surface area contributed by atoms with E-state index in [2.05, 4.69) is 5.32 Å². The Kier molecular flexibility index (Phi) is 17.4. The third-order valence-corrected chi connectivity index (χ3v) is 10.7. The van der Waals surface area contributed by atoms with Gasteiger partial charge < -0.3 is 82.4 Å². The van der Waals surface area contributed by atoms with Crippen LogP contribution in [0.4, 0.5) is 0 Å². The fourth-order valence-corrected chi connectivity index (χ4v) is 7.44. The third-order valence-electron chi connectivity index (χ3n) is 10.7. The van der Waals surface area contributed by atoms with E-state index in [9.17, 15) is 73.5 Å². The standard InChI is InChI=1S/C40H50N6O18/c1-18(2)39(44,30(34(54)55)25(42)15-48)38(61)64-40(37(59)60)32(28(62-17-20-7-5-4-6-8-20)13-46(40)31(35(56)57)26(43)16-49)63-36(58)27(45-19(3)50)11-21-9-10-22(51)12-23(21)29(33(52)53)24(41)14-47/h4-10,12,14-16,18,24-32,51H,11,13,17,41-44H2,1-3H3,(H,45,50)(H,52,53)(H,54,55)(H,56,57)(H,59,60). The third kappa shape index (κ3) is 10.9. The minimum absolute atomic E-state index is 0.0561. The summed E-state index contributed by atoms with van der Waals surface area (Å²) in [7, 11) is 0. The molecule has 0 saturated carbocycles. The molecule has 14 N–H and O–H groups in total. The molecule has 24 nitrogen and oxygen atoms in total. The molecule has 0 radical (unpaired) electrons. The Bertz CT molecular complexity index is 2110. The van der Waals surface area contributed by atoms with Crippen molar-refractivity contribution >= 4 is 60.6 Å². The summed E-state index contributed by atoms with van der Waals surface area (Å²) in [6.07, 6.45) is -5.19. The number of aliphatic carboxylic acids is 4. The number of esters is 2. The van der Waals surface area contributed by atoms with Crippen LogP contribution in [-0.2, 0) is 75.2 Å². The van der Waals surface area contributed by atoms with Gasteiger partial charge in [0.1, 0.15) is 60.2 Å². The van der Waals surface area contributed by atoms with Gasteiger partial charge in [-0.25, -0.2) is 19.3 Å². The lowest BCUT2D eigenvalue weighted by Gasteiger charge is -2.44. The number of likely N-dealkylation sites (tertiary alicyclic amines) is 1. The molecule has 0 spiro atoms. The van der Waals surface area contributed by atoms with E-state index in [1.807, 2.05) is 0 Å². The molecule has 1 saturated heterocycles. The molecule has 2 aromatic rings. The summed E-state index contributed by atoms with van der Waals surface area (Å²) in [4.78, 5) is 129. The van der Waals surface area contributed by atoms with Gasteiger partial charge in [-0.15, -0.1) is 0 Å². The van der Waals surface area contributed by atoms with Crippen LogP contribution < -0.4 is 28.3 Å². The predicted octanol–water partition coefficient (Wildman–Crippen LogP) is -3.17. The number of phenolic OH excluding ortho intramolecular Hbond substituents is 1. The van der Waals surface area contributed by atoms with Crippen molar-refractivity contribution in [2.75, 3.05) is 6.54 Å². The van der Waals surface area contributed by atoms with E-state index in [0.717, 1.165) is 25.1 Å². The molecule has 1 fully saturated rings. The zero-order valence-electron chi connectivity index (χ0n) is 34.5. The van der Waals surface area contributed by atoms with Gasteiger partial charge in [0.05, 0.1) is 24.7 Å². The quantitative estimate of drug-likeness (QED) is 0.0367. The summed E-state index contributed by atoms with van der Waals surface area (Å²) in [5.74, 6) is -18.4. The highest BCUT2D eigenvalue weighted by atomic mass is 16.6. The minimum Gasteiger partial charge on any atom is -0.508 e. The van der Waals surface area contributed by atoms with Gasteiger partial charge >= 0.3 is 41.5 Å². The SMILES string of the molecule is CC(=O)NC(Cc1ccc(O)cc1C(C(=O)O)C(N)C=O)C(=O)OC1C(OCc2ccccc2)CN(C(C(=O)O)C(N)C=O)C1(OC(=O)C(N)(C(C)C)C(C(=O)O)C(N)C=O)C(=O)O. The first-order valence-electron chi connectivity index (χ1n) is 19.2. The number of phenols is 1. The maximum atomic E-state index is 14.6. The Hall–Kier alpha value is -6.70. The second kappa shape index (κ2) is 21.6. The molecule has 64 heavy (non-hydrogen) atoms. The summed E-state index contributed by atoms with van der Waals surface area (Å²) in [6, 6.07) is 0.782. The summed E-state index contributed by atoms with van der Waals surface area (Å²) in [6.45, 7) is 1.89. The summed E-state index contributed by atoms with van der Waals surface area (Å²) in [5, 5.41) is 54.4. The summed E-state index contributed by atoms with van der Waals surface area (Å²) >= 11 is 0. The lowest BCUT2D eigenvalue weighted by atomic mass is 9.72. The maximum absolute atomic E-state index is 14.6. The van der Waals surface area contributed by atoms with Gasteiger partial charge in [0, 0.05) is 19.9 Å². The Morgan fingerprint density at radius 1 is 0.875 bits per heavy atom. The number of amides is 1. The van der Waals surface area contributed by atoms with Crippen LogP contribution in [0, 0.1) is 11.8 Å². The first-order chi connectivity index (χ1) is 29.9. The normalized spacial score (nSPS) is 21.6. The number of hydrogen-bond acceptors (Lipinski definition) is 19. The number of carboxylic acid groups (broad SMARTS) is 4. The van der Waals surface area contributed by atoms with E-state index in [4.69, 9.17) is 37.1 Å². The van der Waals surface area contributed by atoms with Crippen LogP contribution in [0.3, 0.4) is 0 Å². The molecule has 24 heteroatoms. The van der Waals surface area contributed by atoms with Gasteiger partial charge in [0.2, 0.25) is 5.91 Å². The molecule has 0 aliphatic carbocycles. The molecular weight excluding hydrogens is 852 g/mol. The number of rotatable bonds is 24. The van der Waals surface area contributed by atoms with E-state index >= 15 is 0 Å². The highest BCUT2D eigenvalue weighted by Crippen LogP contribution is 2.41. The molecule has 348 valence electrons. The molecule has 0 aromatic heterocycles. The van der Waals surface area contributed by atoms with E-state index < -0.39 is 138 Å². The molecule has 1 amide bonds. The van der Waals surface area contributed by atoms with E-state index in [1.54, 1.807) is 30.3 Å². The average Bonchev–Trinajstić information content (AvgIpc) is 3.51. The van der Waals surface area contributed by atoms with Gasteiger partial charge in [-0.05, 0) is 34.7 Å². The van der Waals surface area contributed by atoms with Crippen molar-refractivity contribution in [3.63, 3.8) is 0 Å². The highest BCUT2D eigenvalue weighted by molar-refractivity contribution is 5.94. The Labute approximate surface area is 363 Å². The van der Waals surface area contributed by atoms with Crippen LogP contribution in [0.5, 0.6) is 5.75 Å². The molecule has 11 atom stereocenters. The Balaban J connectivity index is 2.41. The van der Waals surface area contributed by atoms with Crippen molar-refractivity contribution < 1.29 is 87.7 Å². The van der Waals surface area contributed by atoms with Crippen LogP contribution in [0.1, 0.15) is 43.4 Å². The number of carbonyl (C=O) groups is 10. The zero-order valence-corrected chi connectivity index (χ0v) is 34.5. The number of aldehydes is 3. The number of hydrogen-bond donors (Lipinski definition) is 10. The number of nitrogens with one attached hydrogen (secondary N) is 1. The molecule has 11 unspecified atom stereocenters. The first-order valence-corrected chi connectivity index (χ1v) is 19.2. The summed E-state index contributed by atoms with van der Waals surface area (Å²) in [5.41, 5.74) is 17.3. The lowest BCUT2D eigenvalue weighted by Crippen LogP contribution is -2.72. The Morgan fingerprint density at radius 2 is 1.47 bits per heavy atom. The number of nitrogens with two attached hydrogens (primary N) is 4. The number of aromatic hydroxyl groups is 1. The van der Waals surface area contributed by atoms with Gasteiger partial charge in [0.15, 0.2) is 6.10 Å². The van der Waals surface area contributed by atoms with Gasteiger partial charge in [-0.3, -0.25) is 19.2 Å². The Morgan fingerprint density at radius 3 is 1.95 bits per heavy atom. The number of benzene rings is 2.